The van der Waals surface area contributed by atoms with Crippen molar-refractivity contribution in [1.82, 2.24) is 0 Å². The minimum atomic E-state index is -0.0752. The molecule has 0 aliphatic carbocycles. The van der Waals surface area contributed by atoms with Gasteiger partial charge < -0.3 is 9.80 Å². The molecule has 0 saturated heterocycles. The Morgan fingerprint density at radius 1 is 0.194 bits per heavy atom. The lowest BCUT2D eigenvalue weighted by molar-refractivity contribution is 0.568. The highest BCUT2D eigenvalue weighted by molar-refractivity contribution is 8.00. The van der Waals surface area contributed by atoms with Crippen molar-refractivity contribution in [2.45, 2.75) is 124 Å². The number of rotatable bonds is 16. The minimum Gasteiger partial charge on any atom is -0.309 e. The van der Waals surface area contributed by atoms with E-state index in [0.29, 0.717) is 0 Å². The molecule has 0 aromatic heterocycles. The molecule has 4 heteroatoms. The summed E-state index contributed by atoms with van der Waals surface area (Å²) in [5, 5.41) is 0. The first-order valence-corrected chi connectivity index (χ1v) is 36.0. The van der Waals surface area contributed by atoms with Gasteiger partial charge in [-0.2, -0.15) is 0 Å². The Kier molecular flexibility index (Phi) is 19.0. The van der Waals surface area contributed by atoms with Gasteiger partial charge in [0.1, 0.15) is 0 Å². The maximum Gasteiger partial charge on any atom is 0.0618 e. The van der Waals surface area contributed by atoms with Crippen LogP contribution in [0.15, 0.2) is 335 Å². The third kappa shape index (κ3) is 15.0. The van der Waals surface area contributed by atoms with Crippen molar-refractivity contribution in [2.24, 2.45) is 0 Å². The number of hydrogen-bond donors (Lipinski definition) is 0. The largest absolute Gasteiger partial charge is 0.309 e. The van der Waals surface area contributed by atoms with Crippen LogP contribution in [0.4, 0.5) is 34.1 Å². The number of anilines is 6. The molecule has 98 heavy (non-hydrogen) atoms. The number of nitrogens with zero attached hydrogens (tertiary/aromatic N) is 2. The van der Waals surface area contributed by atoms with Gasteiger partial charge in [-0.25, -0.2) is 0 Å². The van der Waals surface area contributed by atoms with Gasteiger partial charge >= 0.3 is 0 Å². The molecular weight excluding hydrogens is 1220 g/mol. The summed E-state index contributed by atoms with van der Waals surface area (Å²) in [6.07, 6.45) is 0. The maximum absolute atomic E-state index is 2.52. The summed E-state index contributed by atoms with van der Waals surface area (Å²) in [4.78, 5) is 9.60. The molecule has 0 atom stereocenters. The Bertz CT molecular complexity index is 4540. The second-order valence-corrected chi connectivity index (χ2v) is 32.2. The van der Waals surface area contributed by atoms with Crippen LogP contribution in [0.2, 0.25) is 0 Å². The van der Waals surface area contributed by atoms with Crippen LogP contribution >= 0.6 is 23.5 Å². The van der Waals surface area contributed by atoms with E-state index in [1.165, 1.54) is 44.5 Å². The first kappa shape index (κ1) is 66.8. The first-order chi connectivity index (χ1) is 47.1. The van der Waals surface area contributed by atoms with Crippen molar-refractivity contribution >= 4 is 57.6 Å². The predicted molar refractivity (Wildman–Crippen MR) is 424 cm³/mol. The zero-order chi connectivity index (χ0) is 68.3. The fourth-order valence-corrected chi connectivity index (χ4v) is 15.0. The average Bonchev–Trinajstić information content (AvgIpc) is 0.756. The first-order valence-electron chi connectivity index (χ1n) is 34.4. The van der Waals surface area contributed by atoms with Crippen LogP contribution < -0.4 is 9.80 Å². The lowest BCUT2D eigenvalue weighted by atomic mass is 9.78. The third-order valence-corrected chi connectivity index (χ3v) is 20.4. The molecule has 486 valence electrons. The van der Waals surface area contributed by atoms with Gasteiger partial charge in [0.2, 0.25) is 0 Å². The Balaban J connectivity index is 0.963. The second-order valence-electron chi connectivity index (χ2n) is 29.9. The summed E-state index contributed by atoms with van der Waals surface area (Å²) in [5.41, 5.74) is 25.5. The summed E-state index contributed by atoms with van der Waals surface area (Å²) in [6.45, 7) is 28.0. The van der Waals surface area contributed by atoms with Crippen molar-refractivity contribution < 1.29 is 0 Å². The smallest absolute Gasteiger partial charge is 0.0618 e. The van der Waals surface area contributed by atoms with Crippen LogP contribution in [0.25, 0.3) is 66.8 Å². The molecule has 13 rings (SSSR count). The molecule has 13 aromatic carbocycles. The van der Waals surface area contributed by atoms with Crippen molar-refractivity contribution in [1.29, 1.82) is 0 Å². The summed E-state index contributed by atoms with van der Waals surface area (Å²) < 4.78 is 0. The normalized spacial score (nSPS) is 12.0. The van der Waals surface area contributed by atoms with Crippen LogP contribution in [0.5, 0.6) is 0 Å². The van der Waals surface area contributed by atoms with Gasteiger partial charge in [0.15, 0.2) is 0 Å². The van der Waals surface area contributed by atoms with Crippen LogP contribution in [0, 0.1) is 0 Å². The summed E-state index contributed by atoms with van der Waals surface area (Å²) in [6, 6.07) is 117. The van der Waals surface area contributed by atoms with Crippen LogP contribution in [0.3, 0.4) is 0 Å². The Morgan fingerprint density at radius 3 is 0.776 bits per heavy atom. The van der Waals surface area contributed by atoms with E-state index in [1.807, 2.05) is 23.5 Å². The van der Waals surface area contributed by atoms with Gasteiger partial charge in [0.25, 0.3) is 0 Å². The van der Waals surface area contributed by atoms with Crippen molar-refractivity contribution in [3.63, 3.8) is 0 Å². The van der Waals surface area contributed by atoms with Gasteiger partial charge in [-0.3, -0.25) is 0 Å². The summed E-state index contributed by atoms with van der Waals surface area (Å²) >= 11 is 3.62. The van der Waals surface area contributed by atoms with Crippen molar-refractivity contribution in [2.75, 3.05) is 9.80 Å². The molecule has 0 bridgehead atoms. The Hall–Kier alpha value is -9.84. The molecule has 13 aromatic rings. The molecule has 2 nitrogen and oxygen atoms in total. The van der Waals surface area contributed by atoms with E-state index in [9.17, 15) is 0 Å². The second kappa shape index (κ2) is 27.9. The third-order valence-electron chi connectivity index (χ3n) is 18.5. The summed E-state index contributed by atoms with van der Waals surface area (Å²) in [5.74, 6) is 0. The van der Waals surface area contributed by atoms with E-state index in [1.54, 1.807) is 0 Å². The topological polar surface area (TPSA) is 6.48 Å². The fraction of sp³-hybridized carbons (Fsp3) is 0.170. The predicted octanol–water partition coefficient (Wildman–Crippen LogP) is 28.1. The van der Waals surface area contributed by atoms with Gasteiger partial charge in [0.05, 0.1) is 11.4 Å². The SMILES string of the molecule is CC(C)(C)c1cc(-c2cccc(-c3ccccc3)c2N(c2ccccc2)c2cc(Sc3cccc(Sc4cc(-c5ccccc5)cc(N(c5ccccc5)c5c(-c6ccccc6)cccc5-c5cc(C(C)(C)C)cc(C(C)(C)C)c5)c4)c3)cc(-c3ccccc3)c2)cc(C(C)(C)C)c1. The lowest BCUT2D eigenvalue weighted by Crippen LogP contribution is -2.17. The van der Waals surface area contributed by atoms with Gasteiger partial charge in [-0.1, -0.05) is 343 Å². The van der Waals surface area contributed by atoms with E-state index in [-0.39, 0.29) is 21.7 Å². The van der Waals surface area contributed by atoms with E-state index in [4.69, 9.17) is 0 Å². The molecule has 0 amide bonds. The van der Waals surface area contributed by atoms with E-state index in [0.717, 1.165) is 98.2 Å². The summed E-state index contributed by atoms with van der Waals surface area (Å²) in [7, 11) is 0. The highest BCUT2D eigenvalue weighted by Crippen LogP contribution is 2.52. The lowest BCUT2D eigenvalue weighted by Gasteiger charge is -2.32. The molecule has 0 N–H and O–H groups in total. The van der Waals surface area contributed by atoms with E-state index >= 15 is 0 Å². The minimum absolute atomic E-state index is 0.0752. The number of para-hydroxylation sites is 4. The standard InChI is InChI=1S/C94H88N2S2/c1-91(2,3)73-52-71(53-74(60-73)92(4,5)6)87-50-32-48-85(67-38-23-15-24-39-67)89(87)95(77-42-27-17-28-43-77)79-56-69(65-34-19-13-20-35-65)58-83(62-79)97-81-46-31-47-82(64-81)98-84-59-70(66-36-21-14-22-37-66)57-80(63-84)96(78-44-29-18-30-45-78)90-86(68-40-25-16-26-41-68)49-33-51-88(90)72-54-75(93(7,8)9)61-76(55-72)94(10,11)12/h13-64H,1-12H3. The Morgan fingerprint density at radius 2 is 0.469 bits per heavy atom. The van der Waals surface area contributed by atoms with Crippen molar-refractivity contribution in [3.05, 3.63) is 338 Å². The van der Waals surface area contributed by atoms with E-state index in [2.05, 4.69) is 408 Å². The molecule has 0 aliphatic rings. The van der Waals surface area contributed by atoms with Crippen LogP contribution in [0.1, 0.15) is 105 Å². The zero-order valence-electron chi connectivity index (χ0n) is 58.7. The average molecular weight is 1310 g/mol. The molecule has 0 unspecified atom stereocenters. The quantitative estimate of drug-likeness (QED) is 0.0951. The molecule has 0 saturated carbocycles. The Labute approximate surface area is 592 Å². The molecule has 0 spiro atoms. The fourth-order valence-electron chi connectivity index (χ4n) is 13.0. The molecule has 0 heterocycles. The van der Waals surface area contributed by atoms with E-state index < -0.39 is 0 Å². The van der Waals surface area contributed by atoms with Gasteiger partial charge in [-0.05, 0) is 167 Å². The molecule has 0 radical (unpaired) electrons. The van der Waals surface area contributed by atoms with Gasteiger partial charge in [0, 0.05) is 64.6 Å². The highest BCUT2D eigenvalue weighted by Gasteiger charge is 2.29. The molecule has 0 fully saturated rings. The van der Waals surface area contributed by atoms with Gasteiger partial charge in [-0.15, -0.1) is 0 Å². The molecular formula is C94H88N2S2. The van der Waals surface area contributed by atoms with Crippen LogP contribution in [-0.4, -0.2) is 0 Å². The number of benzene rings is 13. The monoisotopic (exact) mass is 1310 g/mol. The number of hydrogen-bond acceptors (Lipinski definition) is 4. The molecule has 0 aliphatic heterocycles. The zero-order valence-corrected chi connectivity index (χ0v) is 60.4. The van der Waals surface area contributed by atoms with Crippen molar-refractivity contribution in [3.8, 4) is 66.8 Å². The highest BCUT2D eigenvalue weighted by atomic mass is 32.2. The van der Waals surface area contributed by atoms with Crippen LogP contribution in [-0.2, 0) is 21.7 Å². The maximum atomic E-state index is 2.52.